The quantitative estimate of drug-likeness (QED) is 0.642. The summed E-state index contributed by atoms with van der Waals surface area (Å²) in [6, 6.07) is -0.0727. The molecular weight excluding hydrogens is 154 g/mol. The van der Waals surface area contributed by atoms with Crippen LogP contribution in [-0.4, -0.2) is 38.1 Å². The molecule has 0 unspecified atom stereocenters. The molecule has 0 aliphatic rings. The lowest BCUT2D eigenvalue weighted by atomic mass is 9.94. The molecule has 0 saturated carbocycles. The van der Waals surface area contributed by atoms with E-state index in [0.29, 0.717) is 13.1 Å². The van der Waals surface area contributed by atoms with Crippen LogP contribution in [-0.2, 0) is 0 Å². The molecule has 72 valence electrons. The van der Waals surface area contributed by atoms with Gasteiger partial charge in [0.1, 0.15) is 0 Å². The third-order valence-electron chi connectivity index (χ3n) is 1.68. The van der Waals surface area contributed by atoms with E-state index in [0.717, 1.165) is 0 Å². The van der Waals surface area contributed by atoms with Gasteiger partial charge in [-0.05, 0) is 12.0 Å². The van der Waals surface area contributed by atoms with E-state index in [4.69, 9.17) is 5.73 Å². The highest BCUT2D eigenvalue weighted by Gasteiger charge is 2.16. The molecular formula is C8H19N3O. The number of rotatable bonds is 3. The molecule has 0 radical (unpaired) electrons. The molecule has 12 heavy (non-hydrogen) atoms. The number of nitrogens with zero attached hydrogens (tertiary/aromatic N) is 1. The molecule has 2 amide bonds. The number of amides is 2. The van der Waals surface area contributed by atoms with Crippen molar-refractivity contribution in [3.63, 3.8) is 0 Å². The third-order valence-corrected chi connectivity index (χ3v) is 1.68. The normalized spacial score (nSPS) is 11.1. The van der Waals surface area contributed by atoms with Crippen molar-refractivity contribution in [1.29, 1.82) is 0 Å². The van der Waals surface area contributed by atoms with Gasteiger partial charge in [-0.25, -0.2) is 4.79 Å². The van der Waals surface area contributed by atoms with Crippen molar-refractivity contribution in [1.82, 2.24) is 10.2 Å². The summed E-state index contributed by atoms with van der Waals surface area (Å²) in [5.41, 5.74) is 5.48. The fourth-order valence-corrected chi connectivity index (χ4v) is 0.545. The lowest BCUT2D eigenvalue weighted by Gasteiger charge is -2.23. The summed E-state index contributed by atoms with van der Waals surface area (Å²) in [4.78, 5) is 12.6. The largest absolute Gasteiger partial charge is 0.337 e. The molecule has 0 aromatic heterocycles. The molecule has 4 heteroatoms. The minimum atomic E-state index is -0.0727. The van der Waals surface area contributed by atoms with Gasteiger partial charge in [0.05, 0.1) is 0 Å². The summed E-state index contributed by atoms with van der Waals surface area (Å²) in [6.45, 7) is 5.22. The molecule has 0 aliphatic carbocycles. The summed E-state index contributed by atoms with van der Waals surface area (Å²) in [7, 11) is 3.43. The molecule has 0 fully saturated rings. The number of hydrogen-bond donors (Lipinski definition) is 2. The first kappa shape index (κ1) is 11.2. The molecule has 0 saturated heterocycles. The number of carbonyl (C=O) groups is 1. The van der Waals surface area contributed by atoms with E-state index in [-0.39, 0.29) is 11.4 Å². The highest BCUT2D eigenvalue weighted by Crippen LogP contribution is 2.09. The molecule has 3 N–H and O–H groups in total. The molecule has 0 heterocycles. The Morgan fingerprint density at radius 1 is 1.50 bits per heavy atom. The van der Waals surface area contributed by atoms with Crippen molar-refractivity contribution in [2.45, 2.75) is 13.8 Å². The van der Waals surface area contributed by atoms with E-state index in [1.807, 2.05) is 13.8 Å². The Kier molecular flexibility index (Phi) is 4.03. The predicted molar refractivity (Wildman–Crippen MR) is 49.9 cm³/mol. The second kappa shape index (κ2) is 4.30. The number of nitrogens with one attached hydrogen (secondary N) is 1. The van der Waals surface area contributed by atoms with Crippen molar-refractivity contribution in [3.05, 3.63) is 0 Å². The zero-order valence-electron chi connectivity index (χ0n) is 8.35. The van der Waals surface area contributed by atoms with Gasteiger partial charge in [-0.3, -0.25) is 0 Å². The zero-order chi connectivity index (χ0) is 9.78. The minimum absolute atomic E-state index is 0.0222. The molecule has 0 aromatic carbocycles. The first-order valence-corrected chi connectivity index (χ1v) is 4.04. The van der Waals surface area contributed by atoms with Crippen LogP contribution in [0.2, 0.25) is 0 Å². The van der Waals surface area contributed by atoms with Crippen molar-refractivity contribution >= 4 is 6.03 Å². The van der Waals surface area contributed by atoms with Crippen LogP contribution in [0.5, 0.6) is 0 Å². The lowest BCUT2D eigenvalue weighted by Crippen LogP contribution is -2.42. The molecule has 0 aliphatic heterocycles. The van der Waals surface area contributed by atoms with E-state index in [2.05, 4.69) is 5.32 Å². The molecule has 4 nitrogen and oxygen atoms in total. The summed E-state index contributed by atoms with van der Waals surface area (Å²) >= 11 is 0. The van der Waals surface area contributed by atoms with Crippen LogP contribution in [0.15, 0.2) is 0 Å². The van der Waals surface area contributed by atoms with Crippen LogP contribution < -0.4 is 11.1 Å². The van der Waals surface area contributed by atoms with Crippen LogP contribution in [0, 0.1) is 5.41 Å². The Hall–Kier alpha value is -0.770. The predicted octanol–water partition coefficient (Wildman–Crippen LogP) is 0.243. The van der Waals surface area contributed by atoms with Gasteiger partial charge in [-0.1, -0.05) is 13.8 Å². The average Bonchev–Trinajstić information content (AvgIpc) is 2.00. The third kappa shape index (κ3) is 4.18. The maximum atomic E-state index is 11.1. The summed E-state index contributed by atoms with van der Waals surface area (Å²) in [6.07, 6.45) is 0. The minimum Gasteiger partial charge on any atom is -0.337 e. The van der Waals surface area contributed by atoms with E-state index in [1.165, 1.54) is 4.90 Å². The zero-order valence-corrected chi connectivity index (χ0v) is 8.35. The molecule has 0 bridgehead atoms. The Morgan fingerprint density at radius 3 is 2.33 bits per heavy atom. The lowest BCUT2D eigenvalue weighted by molar-refractivity contribution is 0.211. The van der Waals surface area contributed by atoms with E-state index in [9.17, 15) is 4.79 Å². The van der Waals surface area contributed by atoms with Gasteiger partial charge in [-0.15, -0.1) is 0 Å². The van der Waals surface area contributed by atoms with Gasteiger partial charge in [0, 0.05) is 20.6 Å². The van der Waals surface area contributed by atoms with Crippen LogP contribution in [0.3, 0.4) is 0 Å². The Morgan fingerprint density at radius 2 is 2.00 bits per heavy atom. The highest BCUT2D eigenvalue weighted by molar-refractivity contribution is 5.73. The molecule has 0 atom stereocenters. The number of carbonyl (C=O) groups excluding carboxylic acids is 1. The second-order valence-electron chi connectivity index (χ2n) is 3.92. The smallest absolute Gasteiger partial charge is 0.316 e. The summed E-state index contributed by atoms with van der Waals surface area (Å²) in [5.74, 6) is 0. The number of hydrogen-bond acceptors (Lipinski definition) is 2. The van der Waals surface area contributed by atoms with E-state index < -0.39 is 0 Å². The molecule has 0 rings (SSSR count). The van der Waals surface area contributed by atoms with Gasteiger partial charge in [-0.2, -0.15) is 0 Å². The summed E-state index contributed by atoms with van der Waals surface area (Å²) in [5, 5.41) is 2.78. The van der Waals surface area contributed by atoms with Gasteiger partial charge in [0.25, 0.3) is 0 Å². The molecule has 0 spiro atoms. The van der Waals surface area contributed by atoms with Crippen molar-refractivity contribution < 1.29 is 4.79 Å². The van der Waals surface area contributed by atoms with Crippen molar-refractivity contribution in [2.24, 2.45) is 11.1 Å². The summed E-state index contributed by atoms with van der Waals surface area (Å²) < 4.78 is 0. The Balaban J connectivity index is 3.76. The van der Waals surface area contributed by atoms with Gasteiger partial charge < -0.3 is 16.0 Å². The Labute approximate surface area is 74.1 Å². The van der Waals surface area contributed by atoms with Crippen LogP contribution in [0.25, 0.3) is 0 Å². The average molecular weight is 173 g/mol. The first-order chi connectivity index (χ1) is 5.39. The van der Waals surface area contributed by atoms with Crippen molar-refractivity contribution in [3.8, 4) is 0 Å². The van der Waals surface area contributed by atoms with Crippen LogP contribution in [0.1, 0.15) is 13.8 Å². The SMILES string of the molecule is CN(C)C(=O)NCC(C)(C)CN. The Bertz CT molecular complexity index is 154. The van der Waals surface area contributed by atoms with E-state index in [1.54, 1.807) is 14.1 Å². The van der Waals surface area contributed by atoms with Gasteiger partial charge >= 0.3 is 6.03 Å². The van der Waals surface area contributed by atoms with Crippen molar-refractivity contribution in [2.75, 3.05) is 27.2 Å². The topological polar surface area (TPSA) is 58.4 Å². The standard InChI is InChI=1S/C8H19N3O/c1-8(2,5-9)6-10-7(12)11(3)4/h5-6,9H2,1-4H3,(H,10,12). The van der Waals surface area contributed by atoms with Crippen LogP contribution in [0.4, 0.5) is 4.79 Å². The van der Waals surface area contributed by atoms with Crippen LogP contribution >= 0.6 is 0 Å². The maximum absolute atomic E-state index is 11.1. The number of nitrogens with two attached hydrogens (primary N) is 1. The van der Waals surface area contributed by atoms with Gasteiger partial charge in [0.2, 0.25) is 0 Å². The number of urea groups is 1. The fraction of sp³-hybridized carbons (Fsp3) is 0.875. The monoisotopic (exact) mass is 173 g/mol. The first-order valence-electron chi connectivity index (χ1n) is 4.04. The molecule has 0 aromatic rings. The maximum Gasteiger partial charge on any atom is 0.316 e. The fourth-order valence-electron chi connectivity index (χ4n) is 0.545. The highest BCUT2D eigenvalue weighted by atomic mass is 16.2. The van der Waals surface area contributed by atoms with E-state index >= 15 is 0 Å². The second-order valence-corrected chi connectivity index (χ2v) is 3.92. The van der Waals surface area contributed by atoms with Gasteiger partial charge in [0.15, 0.2) is 0 Å².